The van der Waals surface area contributed by atoms with Gasteiger partial charge in [0, 0.05) is 48.0 Å². The van der Waals surface area contributed by atoms with Crippen molar-refractivity contribution in [1.82, 2.24) is 19.6 Å². The van der Waals surface area contributed by atoms with E-state index in [9.17, 15) is 9.59 Å². The molecule has 5 heterocycles. The summed E-state index contributed by atoms with van der Waals surface area (Å²) in [6.07, 6.45) is 4.81. The maximum Gasteiger partial charge on any atom is 0.274 e. The van der Waals surface area contributed by atoms with Gasteiger partial charge in [0.15, 0.2) is 5.69 Å². The van der Waals surface area contributed by atoms with E-state index in [0.29, 0.717) is 56.4 Å². The number of carbonyl (C=O) groups is 2. The number of benzene rings is 1. The number of ether oxygens (including phenoxy) is 1. The number of thioether (sulfide) groups is 1. The molecule has 9 heteroatoms. The van der Waals surface area contributed by atoms with Gasteiger partial charge in [-0.2, -0.15) is 5.10 Å². The molecule has 34 heavy (non-hydrogen) atoms. The predicted molar refractivity (Wildman–Crippen MR) is 127 cm³/mol. The van der Waals surface area contributed by atoms with E-state index in [1.807, 2.05) is 26.6 Å². The zero-order valence-electron chi connectivity index (χ0n) is 18.8. The molecular weight excluding hydrogens is 452 g/mol. The van der Waals surface area contributed by atoms with Gasteiger partial charge in [-0.05, 0) is 25.0 Å². The van der Waals surface area contributed by atoms with Crippen molar-refractivity contribution in [2.45, 2.75) is 29.5 Å². The summed E-state index contributed by atoms with van der Waals surface area (Å²) in [6.45, 7) is 3.54. The van der Waals surface area contributed by atoms with Crippen LogP contribution in [0.1, 0.15) is 45.3 Å². The molecule has 0 N–H and O–H groups in total. The van der Waals surface area contributed by atoms with Gasteiger partial charge < -0.3 is 19.0 Å². The van der Waals surface area contributed by atoms with Gasteiger partial charge >= 0.3 is 0 Å². The monoisotopic (exact) mass is 478 g/mol. The van der Waals surface area contributed by atoms with Gasteiger partial charge in [0.2, 0.25) is 0 Å². The molecule has 2 fully saturated rings. The van der Waals surface area contributed by atoms with Crippen LogP contribution in [0.3, 0.4) is 0 Å². The Morgan fingerprint density at radius 2 is 1.88 bits per heavy atom. The molecule has 2 aromatic heterocycles. The first-order chi connectivity index (χ1) is 16.7. The Balaban J connectivity index is 1.39. The summed E-state index contributed by atoms with van der Waals surface area (Å²) in [7, 11) is 0. The Morgan fingerprint density at radius 3 is 2.71 bits per heavy atom. The Morgan fingerprint density at radius 1 is 1.03 bits per heavy atom. The van der Waals surface area contributed by atoms with E-state index in [2.05, 4.69) is 12.1 Å². The van der Waals surface area contributed by atoms with Crippen LogP contribution in [-0.4, -0.2) is 70.8 Å². The van der Waals surface area contributed by atoms with Crippen molar-refractivity contribution in [2.24, 2.45) is 0 Å². The Labute approximate surface area is 201 Å². The number of nitrogens with zero attached hydrogens (tertiary/aromatic N) is 4. The molecule has 1 unspecified atom stereocenters. The molecule has 0 aliphatic carbocycles. The fourth-order valence-corrected chi connectivity index (χ4v) is 6.16. The molecule has 1 atom stereocenters. The highest BCUT2D eigenvalue weighted by Gasteiger charge is 2.35. The van der Waals surface area contributed by atoms with Gasteiger partial charge in [-0.15, -0.1) is 11.8 Å². The molecule has 3 aromatic rings. The third-order valence-electron chi connectivity index (χ3n) is 6.82. The normalized spacial score (nSPS) is 20.1. The average molecular weight is 479 g/mol. The van der Waals surface area contributed by atoms with E-state index in [1.54, 1.807) is 17.8 Å². The van der Waals surface area contributed by atoms with Crippen molar-refractivity contribution in [3.05, 3.63) is 59.7 Å². The first-order valence-electron chi connectivity index (χ1n) is 11.7. The fourth-order valence-electron chi connectivity index (χ4n) is 5.09. The fraction of sp³-hybridized carbons (Fsp3) is 0.400. The summed E-state index contributed by atoms with van der Waals surface area (Å²) in [5.74, 6) is 0.655. The van der Waals surface area contributed by atoms with Crippen molar-refractivity contribution < 1.29 is 18.7 Å². The number of carbonyl (C=O) groups excluding carboxylic acids is 2. The topological polar surface area (TPSA) is 80.8 Å². The molecule has 6 rings (SSSR count). The molecule has 0 bridgehead atoms. The third-order valence-corrected chi connectivity index (χ3v) is 7.92. The van der Waals surface area contributed by atoms with Gasteiger partial charge in [-0.1, -0.05) is 18.2 Å². The Kier molecular flexibility index (Phi) is 5.66. The number of fused-ring (bicyclic) bond motifs is 3. The number of aromatic nitrogens is 2. The van der Waals surface area contributed by atoms with Crippen molar-refractivity contribution in [3.63, 3.8) is 0 Å². The Hall–Kier alpha value is -3.04. The maximum atomic E-state index is 13.5. The molecule has 0 spiro atoms. The molecule has 2 saturated heterocycles. The SMILES string of the molecule is O=C(c1ccoc1)N1CCCC(n2nc(C(=O)N3CCOCC3)c3c2-c2ccccc2SC3)C1. The van der Waals surface area contributed by atoms with Crippen LogP contribution in [0.15, 0.2) is 52.2 Å². The van der Waals surface area contributed by atoms with Gasteiger partial charge in [-0.25, -0.2) is 0 Å². The minimum absolute atomic E-state index is 0.000691. The molecule has 0 radical (unpaired) electrons. The van der Waals surface area contributed by atoms with Crippen LogP contribution in [0.4, 0.5) is 0 Å². The highest BCUT2D eigenvalue weighted by molar-refractivity contribution is 7.98. The van der Waals surface area contributed by atoms with Crippen molar-refractivity contribution in [1.29, 1.82) is 0 Å². The van der Waals surface area contributed by atoms with E-state index in [4.69, 9.17) is 14.3 Å². The number of rotatable bonds is 3. The number of hydrogen-bond donors (Lipinski definition) is 0. The summed E-state index contributed by atoms with van der Waals surface area (Å²) < 4.78 is 12.6. The molecule has 3 aliphatic heterocycles. The van der Waals surface area contributed by atoms with Crippen molar-refractivity contribution >= 4 is 23.6 Å². The number of hydrogen-bond acceptors (Lipinski definition) is 6. The first-order valence-corrected chi connectivity index (χ1v) is 12.7. The standard InChI is InChI=1S/C25H26N4O4S/c30-24(17-7-11-33-15-17)28-8-3-4-18(14-28)29-23-19-5-1-2-6-21(19)34-16-20(23)22(26-29)25(31)27-9-12-32-13-10-27/h1-2,5-7,11,15,18H,3-4,8-10,12-14,16H2. The zero-order valence-corrected chi connectivity index (χ0v) is 19.6. The minimum atomic E-state index is -0.0277. The second kappa shape index (κ2) is 8.96. The number of furan rings is 1. The summed E-state index contributed by atoms with van der Waals surface area (Å²) in [5, 5.41) is 4.96. The predicted octanol–water partition coefficient (Wildman–Crippen LogP) is 3.70. The highest BCUT2D eigenvalue weighted by Crippen LogP contribution is 2.44. The lowest BCUT2D eigenvalue weighted by Gasteiger charge is -2.34. The van der Waals surface area contributed by atoms with Gasteiger partial charge in [0.1, 0.15) is 6.26 Å². The van der Waals surface area contributed by atoms with Crippen LogP contribution in [0.5, 0.6) is 0 Å². The summed E-state index contributed by atoms with van der Waals surface area (Å²) in [4.78, 5) is 31.4. The highest BCUT2D eigenvalue weighted by atomic mass is 32.2. The van der Waals surface area contributed by atoms with Crippen LogP contribution >= 0.6 is 11.8 Å². The van der Waals surface area contributed by atoms with Gasteiger partial charge in [0.25, 0.3) is 11.8 Å². The lowest BCUT2D eigenvalue weighted by atomic mass is 10.0. The maximum absolute atomic E-state index is 13.5. The summed E-state index contributed by atoms with van der Waals surface area (Å²) in [6, 6.07) is 10.0. The first kappa shape index (κ1) is 21.5. The molecule has 3 aliphatic rings. The minimum Gasteiger partial charge on any atom is -0.472 e. The largest absolute Gasteiger partial charge is 0.472 e. The molecule has 176 valence electrons. The van der Waals surface area contributed by atoms with E-state index in [-0.39, 0.29) is 17.9 Å². The van der Waals surface area contributed by atoms with Gasteiger partial charge in [0.05, 0.1) is 36.8 Å². The molecular formula is C25H26N4O4S. The smallest absolute Gasteiger partial charge is 0.274 e. The second-order valence-electron chi connectivity index (χ2n) is 8.87. The number of morpholine rings is 1. The second-order valence-corrected chi connectivity index (χ2v) is 9.89. The van der Waals surface area contributed by atoms with Crippen LogP contribution in [0.25, 0.3) is 11.3 Å². The van der Waals surface area contributed by atoms with Crippen LogP contribution in [0, 0.1) is 0 Å². The average Bonchev–Trinajstić information content (AvgIpc) is 3.57. The Bertz CT molecular complexity index is 1220. The van der Waals surface area contributed by atoms with Crippen LogP contribution in [0.2, 0.25) is 0 Å². The summed E-state index contributed by atoms with van der Waals surface area (Å²) in [5.41, 5.74) is 4.23. The van der Waals surface area contributed by atoms with Crippen LogP contribution in [-0.2, 0) is 10.5 Å². The molecule has 8 nitrogen and oxygen atoms in total. The van der Waals surface area contributed by atoms with Gasteiger partial charge in [-0.3, -0.25) is 14.3 Å². The van der Waals surface area contributed by atoms with E-state index < -0.39 is 0 Å². The van der Waals surface area contributed by atoms with E-state index in [0.717, 1.165) is 29.7 Å². The molecule has 0 saturated carbocycles. The zero-order chi connectivity index (χ0) is 23.1. The summed E-state index contributed by atoms with van der Waals surface area (Å²) >= 11 is 1.75. The molecule has 1 aromatic carbocycles. The van der Waals surface area contributed by atoms with Crippen LogP contribution < -0.4 is 0 Å². The number of likely N-dealkylation sites (tertiary alicyclic amines) is 1. The van der Waals surface area contributed by atoms with Crippen molar-refractivity contribution in [3.8, 4) is 11.3 Å². The van der Waals surface area contributed by atoms with Crippen molar-refractivity contribution in [2.75, 3.05) is 39.4 Å². The lowest BCUT2D eigenvalue weighted by molar-refractivity contribution is 0.0297. The number of piperidine rings is 1. The number of amides is 2. The van der Waals surface area contributed by atoms with E-state index in [1.165, 1.54) is 17.4 Å². The molecule has 2 amide bonds. The van der Waals surface area contributed by atoms with E-state index >= 15 is 0 Å². The quantitative estimate of drug-likeness (QED) is 0.571. The lowest BCUT2D eigenvalue weighted by Crippen LogP contribution is -2.42. The third kappa shape index (κ3) is 3.73.